The first kappa shape index (κ1) is 13.1. The fraction of sp³-hybridized carbons (Fsp3) is 0.500. The number of amides is 1. The standard InChI is InChI=1S/C12H14BrNO4/c13-11-9(4-6-18-11)12(17)14-5-3-8(7-14)1-2-10(15)16/h4,6,8H,1-3,5,7H2,(H,15,16). The van der Waals surface area contributed by atoms with Crippen molar-refractivity contribution in [2.45, 2.75) is 19.3 Å². The summed E-state index contributed by atoms with van der Waals surface area (Å²) in [4.78, 5) is 24.4. The van der Waals surface area contributed by atoms with Crippen LogP contribution in [0.2, 0.25) is 0 Å². The molecule has 1 aromatic rings. The number of nitrogens with zero attached hydrogens (tertiary/aromatic N) is 1. The van der Waals surface area contributed by atoms with E-state index in [4.69, 9.17) is 9.52 Å². The Hall–Kier alpha value is -1.30. The van der Waals surface area contributed by atoms with Crippen molar-refractivity contribution in [3.63, 3.8) is 0 Å². The number of halogens is 1. The third kappa shape index (κ3) is 2.93. The zero-order chi connectivity index (χ0) is 13.1. The van der Waals surface area contributed by atoms with E-state index in [-0.39, 0.29) is 18.2 Å². The lowest BCUT2D eigenvalue weighted by Gasteiger charge is -2.15. The van der Waals surface area contributed by atoms with Crippen LogP contribution in [-0.2, 0) is 4.79 Å². The summed E-state index contributed by atoms with van der Waals surface area (Å²) >= 11 is 3.19. The van der Waals surface area contributed by atoms with Crippen LogP contribution < -0.4 is 0 Å². The average molecular weight is 316 g/mol. The summed E-state index contributed by atoms with van der Waals surface area (Å²) in [5.41, 5.74) is 0.522. The molecule has 6 heteroatoms. The van der Waals surface area contributed by atoms with Gasteiger partial charge in [0, 0.05) is 19.5 Å². The van der Waals surface area contributed by atoms with E-state index in [1.165, 1.54) is 6.26 Å². The van der Waals surface area contributed by atoms with E-state index in [1.807, 2.05) is 0 Å². The number of hydrogen-bond acceptors (Lipinski definition) is 3. The maximum absolute atomic E-state index is 12.1. The number of furan rings is 1. The molecule has 98 valence electrons. The molecule has 2 rings (SSSR count). The molecule has 2 heterocycles. The van der Waals surface area contributed by atoms with Crippen LogP contribution in [0.25, 0.3) is 0 Å². The highest BCUT2D eigenvalue weighted by Crippen LogP contribution is 2.25. The Balaban J connectivity index is 1.91. The number of rotatable bonds is 4. The second kappa shape index (κ2) is 5.56. The van der Waals surface area contributed by atoms with E-state index in [2.05, 4.69) is 15.9 Å². The van der Waals surface area contributed by atoms with Gasteiger partial charge in [-0.3, -0.25) is 9.59 Å². The molecule has 1 aliphatic heterocycles. The molecule has 1 amide bonds. The smallest absolute Gasteiger partial charge is 0.303 e. The fourth-order valence-corrected chi connectivity index (χ4v) is 2.61. The summed E-state index contributed by atoms with van der Waals surface area (Å²) in [6.45, 7) is 1.31. The van der Waals surface area contributed by atoms with Gasteiger partial charge in [0.05, 0.1) is 11.8 Å². The first-order chi connectivity index (χ1) is 8.58. The fourth-order valence-electron chi connectivity index (χ4n) is 2.20. The molecule has 0 bridgehead atoms. The van der Waals surface area contributed by atoms with Gasteiger partial charge < -0.3 is 14.4 Å². The van der Waals surface area contributed by atoms with Gasteiger partial charge in [0.15, 0.2) is 4.67 Å². The predicted molar refractivity (Wildman–Crippen MR) is 67.3 cm³/mol. The molecule has 1 unspecified atom stereocenters. The van der Waals surface area contributed by atoms with Gasteiger partial charge in [0.2, 0.25) is 0 Å². The molecule has 5 nitrogen and oxygen atoms in total. The summed E-state index contributed by atoms with van der Waals surface area (Å²) in [7, 11) is 0. The van der Waals surface area contributed by atoms with Crippen molar-refractivity contribution in [1.82, 2.24) is 4.90 Å². The number of aliphatic carboxylic acids is 1. The number of carbonyl (C=O) groups excluding carboxylic acids is 1. The minimum absolute atomic E-state index is 0.0616. The number of carbonyl (C=O) groups is 2. The Labute approximate surface area is 113 Å². The predicted octanol–water partition coefficient (Wildman–Crippen LogP) is 2.37. The molecule has 18 heavy (non-hydrogen) atoms. The number of hydrogen-bond donors (Lipinski definition) is 1. The van der Waals surface area contributed by atoms with Crippen molar-refractivity contribution in [3.8, 4) is 0 Å². The molecule has 1 aliphatic rings. The molecule has 1 fully saturated rings. The summed E-state index contributed by atoms with van der Waals surface area (Å²) in [6.07, 6.45) is 3.14. The molecular weight excluding hydrogens is 302 g/mol. The van der Waals surface area contributed by atoms with Gasteiger partial charge in [-0.05, 0) is 40.8 Å². The Bertz CT molecular complexity index is 457. The number of carboxylic acid groups (broad SMARTS) is 1. The van der Waals surface area contributed by atoms with Crippen molar-refractivity contribution in [1.29, 1.82) is 0 Å². The Morgan fingerprint density at radius 2 is 2.33 bits per heavy atom. The largest absolute Gasteiger partial charge is 0.481 e. The Morgan fingerprint density at radius 1 is 1.56 bits per heavy atom. The van der Waals surface area contributed by atoms with Crippen LogP contribution >= 0.6 is 15.9 Å². The first-order valence-corrected chi connectivity index (χ1v) is 6.61. The van der Waals surface area contributed by atoms with E-state index < -0.39 is 5.97 Å². The lowest BCUT2D eigenvalue weighted by molar-refractivity contribution is -0.137. The van der Waals surface area contributed by atoms with Gasteiger partial charge in [-0.2, -0.15) is 0 Å². The second-order valence-electron chi connectivity index (χ2n) is 4.45. The molecule has 1 saturated heterocycles. The Morgan fingerprint density at radius 3 is 2.94 bits per heavy atom. The van der Waals surface area contributed by atoms with Crippen molar-refractivity contribution in [3.05, 3.63) is 22.6 Å². The zero-order valence-corrected chi connectivity index (χ0v) is 11.4. The molecule has 0 radical (unpaired) electrons. The molecule has 0 aliphatic carbocycles. The summed E-state index contributed by atoms with van der Waals surface area (Å²) in [5.74, 6) is -0.554. The van der Waals surface area contributed by atoms with Crippen LogP contribution in [0.4, 0.5) is 0 Å². The second-order valence-corrected chi connectivity index (χ2v) is 5.17. The molecule has 1 N–H and O–H groups in total. The van der Waals surface area contributed by atoms with E-state index >= 15 is 0 Å². The van der Waals surface area contributed by atoms with E-state index in [0.29, 0.717) is 29.7 Å². The van der Waals surface area contributed by atoms with E-state index in [1.54, 1.807) is 11.0 Å². The highest BCUT2D eigenvalue weighted by atomic mass is 79.9. The molecular formula is C12H14BrNO4. The van der Waals surface area contributed by atoms with Crippen molar-refractivity contribution in [2.75, 3.05) is 13.1 Å². The molecule has 0 aromatic carbocycles. The highest BCUT2D eigenvalue weighted by Gasteiger charge is 2.28. The van der Waals surface area contributed by atoms with Crippen LogP contribution in [-0.4, -0.2) is 35.0 Å². The number of carboxylic acids is 1. The van der Waals surface area contributed by atoms with Gasteiger partial charge >= 0.3 is 5.97 Å². The molecule has 1 atom stereocenters. The van der Waals surface area contributed by atoms with Crippen LogP contribution in [0.15, 0.2) is 21.4 Å². The quantitative estimate of drug-likeness (QED) is 0.926. The van der Waals surface area contributed by atoms with Gasteiger partial charge in [0.1, 0.15) is 0 Å². The maximum atomic E-state index is 12.1. The average Bonchev–Trinajstić information content (AvgIpc) is 2.94. The highest BCUT2D eigenvalue weighted by molar-refractivity contribution is 9.10. The molecule has 0 spiro atoms. The van der Waals surface area contributed by atoms with Crippen molar-refractivity contribution >= 4 is 27.8 Å². The molecule has 0 saturated carbocycles. The summed E-state index contributed by atoms with van der Waals surface area (Å²) in [6, 6.07) is 1.64. The van der Waals surface area contributed by atoms with Gasteiger partial charge in [-0.25, -0.2) is 0 Å². The normalized spacial score (nSPS) is 19.2. The van der Waals surface area contributed by atoms with Crippen LogP contribution in [0.1, 0.15) is 29.6 Å². The Kier molecular flexibility index (Phi) is 4.06. The summed E-state index contributed by atoms with van der Waals surface area (Å²) in [5, 5.41) is 8.64. The van der Waals surface area contributed by atoms with Crippen molar-refractivity contribution in [2.24, 2.45) is 5.92 Å². The number of likely N-dealkylation sites (tertiary alicyclic amines) is 1. The third-order valence-electron chi connectivity index (χ3n) is 3.19. The summed E-state index contributed by atoms with van der Waals surface area (Å²) < 4.78 is 5.49. The van der Waals surface area contributed by atoms with Crippen LogP contribution in [0, 0.1) is 5.92 Å². The SMILES string of the molecule is O=C(O)CCC1CCN(C(=O)c2ccoc2Br)C1. The first-order valence-electron chi connectivity index (χ1n) is 5.82. The minimum atomic E-state index is -0.780. The topological polar surface area (TPSA) is 70.8 Å². The zero-order valence-electron chi connectivity index (χ0n) is 9.76. The van der Waals surface area contributed by atoms with Crippen LogP contribution in [0.5, 0.6) is 0 Å². The minimum Gasteiger partial charge on any atom is -0.481 e. The maximum Gasteiger partial charge on any atom is 0.303 e. The van der Waals surface area contributed by atoms with E-state index in [9.17, 15) is 9.59 Å². The van der Waals surface area contributed by atoms with Crippen LogP contribution in [0.3, 0.4) is 0 Å². The van der Waals surface area contributed by atoms with E-state index in [0.717, 1.165) is 6.42 Å². The third-order valence-corrected chi connectivity index (χ3v) is 3.80. The van der Waals surface area contributed by atoms with Crippen molar-refractivity contribution < 1.29 is 19.1 Å². The molecule has 1 aromatic heterocycles. The monoisotopic (exact) mass is 315 g/mol. The van der Waals surface area contributed by atoms with Gasteiger partial charge in [-0.15, -0.1) is 0 Å². The lowest BCUT2D eigenvalue weighted by atomic mass is 10.0. The lowest BCUT2D eigenvalue weighted by Crippen LogP contribution is -2.28. The van der Waals surface area contributed by atoms with Gasteiger partial charge in [0.25, 0.3) is 5.91 Å². The van der Waals surface area contributed by atoms with Gasteiger partial charge in [-0.1, -0.05) is 0 Å².